The summed E-state index contributed by atoms with van der Waals surface area (Å²) in [6, 6.07) is 3.19. The second-order valence-corrected chi connectivity index (χ2v) is 2.74. The van der Waals surface area contributed by atoms with E-state index in [1.165, 1.54) is 10.8 Å². The molecule has 0 unspecified atom stereocenters. The summed E-state index contributed by atoms with van der Waals surface area (Å²) in [6.07, 6.45) is 1.26. The van der Waals surface area contributed by atoms with Crippen molar-refractivity contribution in [3.63, 3.8) is 0 Å². The largest absolute Gasteiger partial charge is 0.388 e. The lowest BCUT2D eigenvalue weighted by atomic mass is 10.3. The molecule has 2 rings (SSSR count). The standard InChI is InChI=1S/C8H8N4O2/c9-8-6-2-1-5(7(14)3-13)12(6)11-4-10-8/h1-2,4,13H,3H2,(H2,9,10,11). The molecule has 6 heteroatoms. The Bertz CT molecular complexity index is 491. The first-order valence-corrected chi connectivity index (χ1v) is 3.96. The van der Waals surface area contributed by atoms with Crippen LogP contribution in [0.5, 0.6) is 0 Å². The molecule has 0 aliphatic heterocycles. The molecule has 2 heterocycles. The molecule has 0 atom stereocenters. The van der Waals surface area contributed by atoms with Crippen molar-refractivity contribution in [2.24, 2.45) is 0 Å². The van der Waals surface area contributed by atoms with E-state index < -0.39 is 12.4 Å². The fraction of sp³-hybridized carbons (Fsp3) is 0.125. The van der Waals surface area contributed by atoms with Gasteiger partial charge in [-0.1, -0.05) is 0 Å². The van der Waals surface area contributed by atoms with Crippen molar-refractivity contribution in [1.82, 2.24) is 14.6 Å². The minimum absolute atomic E-state index is 0.302. The average molecular weight is 192 g/mol. The van der Waals surface area contributed by atoms with Crippen molar-refractivity contribution in [2.75, 3.05) is 12.3 Å². The Morgan fingerprint density at radius 1 is 1.57 bits per heavy atom. The van der Waals surface area contributed by atoms with Crippen LogP contribution in [-0.2, 0) is 0 Å². The van der Waals surface area contributed by atoms with Crippen LogP contribution in [0.25, 0.3) is 5.52 Å². The molecule has 6 nitrogen and oxygen atoms in total. The first kappa shape index (κ1) is 8.64. The van der Waals surface area contributed by atoms with Crippen molar-refractivity contribution < 1.29 is 9.90 Å². The highest BCUT2D eigenvalue weighted by atomic mass is 16.3. The number of aliphatic hydroxyl groups is 1. The molecule has 0 bridgehead atoms. The molecule has 0 aliphatic carbocycles. The monoisotopic (exact) mass is 192 g/mol. The summed E-state index contributed by atoms with van der Waals surface area (Å²) in [5, 5.41) is 12.6. The summed E-state index contributed by atoms with van der Waals surface area (Å²) in [7, 11) is 0. The number of anilines is 1. The van der Waals surface area contributed by atoms with E-state index in [0.29, 0.717) is 17.0 Å². The number of aromatic nitrogens is 3. The maximum atomic E-state index is 11.2. The predicted octanol–water partition coefficient (Wildman–Crippen LogP) is -0.514. The predicted molar refractivity (Wildman–Crippen MR) is 48.8 cm³/mol. The van der Waals surface area contributed by atoms with Gasteiger partial charge in [-0.15, -0.1) is 0 Å². The smallest absolute Gasteiger partial charge is 0.206 e. The van der Waals surface area contributed by atoms with Gasteiger partial charge in [-0.2, -0.15) is 5.10 Å². The van der Waals surface area contributed by atoms with Gasteiger partial charge in [0.1, 0.15) is 24.1 Å². The van der Waals surface area contributed by atoms with E-state index in [1.54, 1.807) is 12.1 Å². The third-order valence-corrected chi connectivity index (χ3v) is 1.91. The van der Waals surface area contributed by atoms with Crippen molar-refractivity contribution in [2.45, 2.75) is 0 Å². The lowest BCUT2D eigenvalue weighted by molar-refractivity contribution is 0.0896. The van der Waals surface area contributed by atoms with E-state index in [-0.39, 0.29) is 0 Å². The molecule has 0 aromatic carbocycles. The van der Waals surface area contributed by atoms with Crippen molar-refractivity contribution in [3.8, 4) is 0 Å². The number of nitrogen functional groups attached to an aromatic ring is 1. The van der Waals surface area contributed by atoms with Crippen molar-refractivity contribution in [1.29, 1.82) is 0 Å². The Balaban J connectivity index is 2.70. The maximum absolute atomic E-state index is 11.2. The zero-order valence-corrected chi connectivity index (χ0v) is 7.21. The number of Topliss-reactive ketones (excluding diaryl/α,β-unsaturated/α-hetero) is 1. The van der Waals surface area contributed by atoms with Gasteiger partial charge in [0.25, 0.3) is 0 Å². The number of fused-ring (bicyclic) bond motifs is 1. The highest BCUT2D eigenvalue weighted by molar-refractivity contribution is 5.96. The van der Waals surface area contributed by atoms with Gasteiger partial charge < -0.3 is 10.8 Å². The van der Waals surface area contributed by atoms with E-state index in [1.807, 2.05) is 0 Å². The zero-order chi connectivity index (χ0) is 10.1. The van der Waals surface area contributed by atoms with Crippen LogP contribution < -0.4 is 5.73 Å². The van der Waals surface area contributed by atoms with Gasteiger partial charge in [-0.3, -0.25) is 4.79 Å². The van der Waals surface area contributed by atoms with Crippen LogP contribution in [0.4, 0.5) is 5.82 Å². The summed E-state index contributed by atoms with van der Waals surface area (Å²) >= 11 is 0. The Labute approximate surface area is 79.0 Å². The second-order valence-electron chi connectivity index (χ2n) is 2.74. The van der Waals surface area contributed by atoms with Gasteiger partial charge in [-0.25, -0.2) is 9.50 Å². The first-order valence-electron chi connectivity index (χ1n) is 3.96. The molecule has 3 N–H and O–H groups in total. The van der Waals surface area contributed by atoms with Gasteiger partial charge in [0, 0.05) is 0 Å². The topological polar surface area (TPSA) is 93.5 Å². The van der Waals surface area contributed by atoms with E-state index in [9.17, 15) is 4.79 Å². The number of hydrogen-bond acceptors (Lipinski definition) is 5. The van der Waals surface area contributed by atoms with Crippen LogP contribution in [-0.4, -0.2) is 32.1 Å². The summed E-state index contributed by atoms with van der Waals surface area (Å²) in [5.41, 5.74) is 6.43. The van der Waals surface area contributed by atoms with E-state index >= 15 is 0 Å². The molecule has 72 valence electrons. The van der Waals surface area contributed by atoms with Crippen molar-refractivity contribution in [3.05, 3.63) is 24.2 Å². The van der Waals surface area contributed by atoms with E-state index in [2.05, 4.69) is 10.1 Å². The lowest BCUT2D eigenvalue weighted by Crippen LogP contribution is -2.10. The van der Waals surface area contributed by atoms with Crippen LogP contribution >= 0.6 is 0 Å². The number of nitrogens with two attached hydrogens (primary N) is 1. The Morgan fingerprint density at radius 3 is 3.07 bits per heavy atom. The lowest BCUT2D eigenvalue weighted by Gasteiger charge is -1.99. The van der Waals surface area contributed by atoms with Gasteiger partial charge in [0.2, 0.25) is 5.78 Å². The number of aliphatic hydroxyl groups excluding tert-OH is 1. The van der Waals surface area contributed by atoms with Gasteiger partial charge in [-0.05, 0) is 12.1 Å². The third kappa shape index (κ3) is 1.12. The molecule has 0 saturated heterocycles. The molecule has 2 aromatic rings. The summed E-state index contributed by atoms with van der Waals surface area (Å²) in [5.74, 6) is -0.0971. The Morgan fingerprint density at radius 2 is 2.36 bits per heavy atom. The number of carbonyl (C=O) groups is 1. The number of hydrogen-bond donors (Lipinski definition) is 2. The minimum Gasteiger partial charge on any atom is -0.388 e. The summed E-state index contributed by atoms with van der Waals surface area (Å²) in [4.78, 5) is 15.0. The second kappa shape index (κ2) is 3.08. The van der Waals surface area contributed by atoms with E-state index in [4.69, 9.17) is 10.8 Å². The fourth-order valence-electron chi connectivity index (χ4n) is 1.24. The molecule has 0 fully saturated rings. The molecule has 0 radical (unpaired) electrons. The fourth-order valence-corrected chi connectivity index (χ4v) is 1.24. The molecule has 0 saturated carbocycles. The molecular weight excluding hydrogens is 184 g/mol. The van der Waals surface area contributed by atoms with Crippen LogP contribution in [0.1, 0.15) is 10.5 Å². The highest BCUT2D eigenvalue weighted by Crippen LogP contribution is 2.12. The number of carbonyl (C=O) groups excluding carboxylic acids is 1. The Hall–Kier alpha value is -1.95. The molecule has 2 aromatic heterocycles. The van der Waals surface area contributed by atoms with Crippen molar-refractivity contribution >= 4 is 17.1 Å². The Kier molecular flexibility index (Phi) is 1.90. The summed E-state index contributed by atoms with van der Waals surface area (Å²) in [6.45, 7) is -0.546. The molecule has 14 heavy (non-hydrogen) atoms. The minimum atomic E-state index is -0.546. The number of ketones is 1. The van der Waals surface area contributed by atoms with Crippen LogP contribution in [0.3, 0.4) is 0 Å². The number of nitrogens with zero attached hydrogens (tertiary/aromatic N) is 3. The first-order chi connectivity index (χ1) is 6.74. The quantitative estimate of drug-likeness (QED) is 0.625. The average Bonchev–Trinajstić information content (AvgIpc) is 2.62. The molecule has 0 spiro atoms. The van der Waals surface area contributed by atoms with E-state index in [0.717, 1.165) is 0 Å². The molecule has 0 aliphatic rings. The molecular formula is C8H8N4O2. The van der Waals surface area contributed by atoms with Gasteiger partial charge in [0.05, 0.1) is 0 Å². The van der Waals surface area contributed by atoms with Gasteiger partial charge in [0.15, 0.2) is 5.82 Å². The SMILES string of the molecule is Nc1ncnn2c(C(=O)CO)ccc12. The molecule has 0 amide bonds. The van der Waals surface area contributed by atoms with Crippen LogP contribution in [0, 0.1) is 0 Å². The highest BCUT2D eigenvalue weighted by Gasteiger charge is 2.11. The van der Waals surface area contributed by atoms with Gasteiger partial charge >= 0.3 is 0 Å². The third-order valence-electron chi connectivity index (χ3n) is 1.91. The summed E-state index contributed by atoms with van der Waals surface area (Å²) < 4.78 is 1.36. The normalized spacial score (nSPS) is 10.6. The zero-order valence-electron chi connectivity index (χ0n) is 7.21. The van der Waals surface area contributed by atoms with Crippen LogP contribution in [0.2, 0.25) is 0 Å². The number of rotatable bonds is 2. The van der Waals surface area contributed by atoms with Crippen LogP contribution in [0.15, 0.2) is 18.5 Å². The maximum Gasteiger partial charge on any atom is 0.206 e.